The minimum Gasteiger partial charge on any atom is -0.373 e. The van der Waals surface area contributed by atoms with Gasteiger partial charge in [-0.3, -0.25) is 0 Å². The van der Waals surface area contributed by atoms with E-state index in [1.54, 1.807) is 0 Å². The van der Waals surface area contributed by atoms with Crippen molar-refractivity contribution in [2.24, 2.45) is 0 Å². The maximum atomic E-state index is 4.86. The van der Waals surface area contributed by atoms with Crippen LogP contribution in [0.5, 0.6) is 0 Å². The minimum atomic E-state index is 0.634. The van der Waals surface area contributed by atoms with E-state index in [0.717, 1.165) is 6.61 Å². The standard InChI is InChI=1S/C4H8O/c1-2-4-3-5-4/h4H,2-3H2,1H3/t4-/m0/s1. The Morgan fingerprint density at radius 1 is 2.00 bits per heavy atom. The molecule has 1 aliphatic rings. The molecule has 0 aromatic rings. The lowest BCUT2D eigenvalue weighted by atomic mass is 10.4. The molecule has 0 bridgehead atoms. The van der Waals surface area contributed by atoms with Crippen molar-refractivity contribution in [3.63, 3.8) is 0 Å². The maximum Gasteiger partial charge on any atom is 0.0807 e. The molecule has 5 heavy (non-hydrogen) atoms. The summed E-state index contributed by atoms with van der Waals surface area (Å²) in [5.41, 5.74) is 0. The smallest absolute Gasteiger partial charge is 0.0807 e. The van der Waals surface area contributed by atoms with Gasteiger partial charge in [0.05, 0.1) is 12.7 Å². The van der Waals surface area contributed by atoms with E-state index in [1.807, 2.05) is 0 Å². The van der Waals surface area contributed by atoms with E-state index in [0.29, 0.717) is 6.10 Å². The van der Waals surface area contributed by atoms with Gasteiger partial charge < -0.3 is 4.74 Å². The van der Waals surface area contributed by atoms with Gasteiger partial charge in [-0.1, -0.05) is 6.92 Å². The molecule has 0 aliphatic carbocycles. The third-order valence-electron chi connectivity index (χ3n) is 0.858. The summed E-state index contributed by atoms with van der Waals surface area (Å²) >= 11 is 0. The molecule has 1 rings (SSSR count). The molecular formula is C4H8O. The zero-order chi connectivity index (χ0) is 3.70. The second-order valence-electron chi connectivity index (χ2n) is 1.36. The summed E-state index contributed by atoms with van der Waals surface area (Å²) < 4.78 is 4.86. The normalized spacial score (nSPS) is 34.2. The van der Waals surface area contributed by atoms with Crippen LogP contribution in [0.4, 0.5) is 0 Å². The van der Waals surface area contributed by atoms with Gasteiger partial charge in [-0.2, -0.15) is 0 Å². The van der Waals surface area contributed by atoms with Crippen LogP contribution in [0.2, 0.25) is 0 Å². The highest BCUT2D eigenvalue weighted by Crippen LogP contribution is 2.10. The number of hydrogen-bond donors (Lipinski definition) is 0. The molecule has 1 nitrogen and oxygen atoms in total. The SMILES string of the molecule is CC[C@H]1CO1. The van der Waals surface area contributed by atoms with Crippen molar-refractivity contribution in [2.75, 3.05) is 6.61 Å². The second-order valence-corrected chi connectivity index (χ2v) is 1.36. The fourth-order valence-electron chi connectivity index (χ4n) is 0.304. The lowest BCUT2D eigenvalue weighted by Crippen LogP contribution is -1.73. The Balaban J connectivity index is 2.00. The Bertz CT molecular complexity index is 30.6. The molecule has 1 aliphatic heterocycles. The molecule has 0 spiro atoms. The Morgan fingerprint density at radius 3 is 2.60 bits per heavy atom. The molecule has 0 radical (unpaired) electrons. The number of hydrogen-bond acceptors (Lipinski definition) is 1. The predicted molar refractivity (Wildman–Crippen MR) is 20.0 cm³/mol. The van der Waals surface area contributed by atoms with Crippen LogP contribution in [0.3, 0.4) is 0 Å². The first-order valence-electron chi connectivity index (χ1n) is 2.05. The van der Waals surface area contributed by atoms with Gasteiger partial charge in [-0.05, 0) is 6.42 Å². The molecule has 0 amide bonds. The Hall–Kier alpha value is -0.0400. The highest BCUT2D eigenvalue weighted by molar-refractivity contribution is 4.64. The van der Waals surface area contributed by atoms with Crippen LogP contribution in [0, 0.1) is 0 Å². The van der Waals surface area contributed by atoms with E-state index >= 15 is 0 Å². The van der Waals surface area contributed by atoms with Crippen LogP contribution in [0.15, 0.2) is 0 Å². The number of epoxide rings is 1. The summed E-state index contributed by atoms with van der Waals surface area (Å²) in [6.07, 6.45) is 1.83. The number of ether oxygens (including phenoxy) is 1. The van der Waals surface area contributed by atoms with Gasteiger partial charge in [0.25, 0.3) is 0 Å². The zero-order valence-corrected chi connectivity index (χ0v) is 3.40. The van der Waals surface area contributed by atoms with Crippen molar-refractivity contribution < 1.29 is 4.74 Å². The fourth-order valence-corrected chi connectivity index (χ4v) is 0.304. The highest BCUT2D eigenvalue weighted by Gasteiger charge is 2.18. The van der Waals surface area contributed by atoms with Gasteiger partial charge in [0.15, 0.2) is 0 Å². The first-order valence-corrected chi connectivity index (χ1v) is 2.05. The van der Waals surface area contributed by atoms with Crippen molar-refractivity contribution in [1.29, 1.82) is 0 Å². The lowest BCUT2D eigenvalue weighted by Gasteiger charge is -1.69. The van der Waals surface area contributed by atoms with Gasteiger partial charge in [0.2, 0.25) is 0 Å². The molecule has 30 valence electrons. The van der Waals surface area contributed by atoms with Crippen molar-refractivity contribution in [1.82, 2.24) is 0 Å². The van der Waals surface area contributed by atoms with Gasteiger partial charge in [-0.15, -0.1) is 0 Å². The molecule has 1 atom stereocenters. The van der Waals surface area contributed by atoms with Crippen molar-refractivity contribution in [3.05, 3.63) is 0 Å². The van der Waals surface area contributed by atoms with Crippen LogP contribution in [0.1, 0.15) is 13.3 Å². The molecular weight excluding hydrogens is 64.0 g/mol. The van der Waals surface area contributed by atoms with Crippen LogP contribution in [0.25, 0.3) is 0 Å². The molecule has 0 aromatic heterocycles. The monoisotopic (exact) mass is 72.1 g/mol. The molecule has 1 heteroatoms. The first kappa shape index (κ1) is 3.16. The van der Waals surface area contributed by atoms with E-state index in [4.69, 9.17) is 4.74 Å². The summed E-state index contributed by atoms with van der Waals surface area (Å²) in [7, 11) is 0. The average Bonchev–Trinajstić information content (AvgIpc) is 2.12. The fraction of sp³-hybridized carbons (Fsp3) is 1.00. The van der Waals surface area contributed by atoms with E-state index in [1.165, 1.54) is 6.42 Å². The van der Waals surface area contributed by atoms with Crippen molar-refractivity contribution in [2.45, 2.75) is 19.4 Å². The quantitative estimate of drug-likeness (QED) is 0.417. The largest absolute Gasteiger partial charge is 0.373 e. The average molecular weight is 72.1 g/mol. The molecule has 0 N–H and O–H groups in total. The Morgan fingerprint density at radius 2 is 2.60 bits per heavy atom. The van der Waals surface area contributed by atoms with E-state index in [2.05, 4.69) is 6.92 Å². The van der Waals surface area contributed by atoms with Crippen molar-refractivity contribution in [3.8, 4) is 0 Å². The molecule has 0 aromatic carbocycles. The van der Waals surface area contributed by atoms with Crippen LogP contribution < -0.4 is 0 Å². The summed E-state index contributed by atoms with van der Waals surface area (Å²) in [4.78, 5) is 0. The van der Waals surface area contributed by atoms with E-state index in [9.17, 15) is 0 Å². The van der Waals surface area contributed by atoms with Gasteiger partial charge in [0, 0.05) is 0 Å². The van der Waals surface area contributed by atoms with Gasteiger partial charge >= 0.3 is 0 Å². The third kappa shape index (κ3) is 0.618. The van der Waals surface area contributed by atoms with Crippen molar-refractivity contribution >= 4 is 0 Å². The van der Waals surface area contributed by atoms with Crippen LogP contribution in [-0.2, 0) is 4.74 Å². The number of rotatable bonds is 1. The zero-order valence-electron chi connectivity index (χ0n) is 3.40. The second kappa shape index (κ2) is 0.977. The molecule has 0 saturated carbocycles. The Labute approximate surface area is 31.9 Å². The summed E-state index contributed by atoms with van der Waals surface area (Å²) in [5.74, 6) is 0. The molecule has 1 fully saturated rings. The summed E-state index contributed by atoms with van der Waals surface area (Å²) in [6.45, 7) is 3.15. The lowest BCUT2D eigenvalue weighted by molar-refractivity contribution is 0.403. The van der Waals surface area contributed by atoms with E-state index < -0.39 is 0 Å². The topological polar surface area (TPSA) is 12.5 Å². The molecule has 1 heterocycles. The van der Waals surface area contributed by atoms with Crippen LogP contribution in [-0.4, -0.2) is 12.7 Å². The van der Waals surface area contributed by atoms with Gasteiger partial charge in [-0.25, -0.2) is 0 Å². The highest BCUT2D eigenvalue weighted by atomic mass is 16.6. The summed E-state index contributed by atoms with van der Waals surface area (Å²) in [5, 5.41) is 0. The summed E-state index contributed by atoms with van der Waals surface area (Å²) in [6, 6.07) is 0. The van der Waals surface area contributed by atoms with Crippen LogP contribution >= 0.6 is 0 Å². The third-order valence-corrected chi connectivity index (χ3v) is 0.858. The van der Waals surface area contributed by atoms with E-state index in [-0.39, 0.29) is 0 Å². The Kier molecular flexibility index (Phi) is 0.618. The maximum absolute atomic E-state index is 4.86. The first-order chi connectivity index (χ1) is 2.43. The predicted octanol–water partition coefficient (Wildman–Crippen LogP) is 0.795. The molecule has 1 saturated heterocycles. The molecule has 0 unspecified atom stereocenters. The van der Waals surface area contributed by atoms with Gasteiger partial charge in [0.1, 0.15) is 0 Å². The minimum absolute atomic E-state index is 0.634.